The number of nitrogens with zero attached hydrogens (tertiary/aromatic N) is 1. The van der Waals surface area contributed by atoms with E-state index in [1.54, 1.807) is 6.07 Å². The third-order valence-corrected chi connectivity index (χ3v) is 2.43. The minimum Gasteiger partial charge on any atom is -0.474 e. The van der Waals surface area contributed by atoms with Crippen LogP contribution < -0.4 is 16.0 Å². The van der Waals surface area contributed by atoms with Crippen LogP contribution in [0.25, 0.3) is 0 Å². The van der Waals surface area contributed by atoms with Crippen molar-refractivity contribution < 1.29 is 14.5 Å². The fourth-order valence-corrected chi connectivity index (χ4v) is 1.44. The fraction of sp³-hybridized carbons (Fsp3) is 0.222. The number of nitro benzene ring substituents is 1. The summed E-state index contributed by atoms with van der Waals surface area (Å²) in [4.78, 5) is 21.3. The molecule has 1 rings (SSSR count). The van der Waals surface area contributed by atoms with Gasteiger partial charge in [0, 0.05) is 10.5 Å². The molecule has 0 spiro atoms. The zero-order valence-corrected chi connectivity index (χ0v) is 10.4. The Labute approximate surface area is 105 Å². The molecule has 1 amide bonds. The van der Waals surface area contributed by atoms with Gasteiger partial charge in [0.1, 0.15) is 0 Å². The summed E-state index contributed by atoms with van der Waals surface area (Å²) in [6.45, 7) is 1.44. The molecule has 17 heavy (non-hydrogen) atoms. The summed E-state index contributed by atoms with van der Waals surface area (Å²) in [5.41, 5.74) is 1.68. The zero-order valence-electron chi connectivity index (χ0n) is 8.84. The number of amides is 1. The fourth-order valence-electron chi connectivity index (χ4n) is 1.09. The molecule has 7 nitrogen and oxygen atoms in total. The van der Waals surface area contributed by atoms with Crippen molar-refractivity contribution in [1.82, 2.24) is 5.43 Å². The molecule has 0 heterocycles. The molecule has 8 heteroatoms. The Morgan fingerprint density at radius 1 is 1.65 bits per heavy atom. The lowest BCUT2D eigenvalue weighted by Crippen LogP contribution is -2.40. The lowest BCUT2D eigenvalue weighted by molar-refractivity contribution is -0.386. The van der Waals surface area contributed by atoms with Crippen molar-refractivity contribution in [3.05, 3.63) is 32.8 Å². The smallest absolute Gasteiger partial charge is 0.312 e. The van der Waals surface area contributed by atoms with Crippen molar-refractivity contribution in [1.29, 1.82) is 0 Å². The molecule has 3 N–H and O–H groups in total. The van der Waals surface area contributed by atoms with Gasteiger partial charge < -0.3 is 4.74 Å². The van der Waals surface area contributed by atoms with Crippen LogP contribution in [0, 0.1) is 10.1 Å². The van der Waals surface area contributed by atoms with Crippen LogP contribution in [0.5, 0.6) is 5.75 Å². The number of carbonyl (C=O) groups is 1. The van der Waals surface area contributed by atoms with Crippen LogP contribution in [0.2, 0.25) is 0 Å². The van der Waals surface area contributed by atoms with Gasteiger partial charge in [-0.05, 0) is 19.1 Å². The highest BCUT2D eigenvalue weighted by molar-refractivity contribution is 9.10. The van der Waals surface area contributed by atoms with Crippen molar-refractivity contribution >= 4 is 27.5 Å². The number of rotatable bonds is 4. The maximum absolute atomic E-state index is 11.1. The van der Waals surface area contributed by atoms with E-state index in [2.05, 4.69) is 15.9 Å². The predicted octanol–water partition coefficient (Wildman–Crippen LogP) is 1.11. The van der Waals surface area contributed by atoms with Crippen LogP contribution in [0.15, 0.2) is 22.7 Å². The van der Waals surface area contributed by atoms with E-state index in [0.717, 1.165) is 0 Å². The van der Waals surface area contributed by atoms with Crippen molar-refractivity contribution in [2.75, 3.05) is 0 Å². The number of ether oxygens (including phenoxy) is 1. The third kappa shape index (κ3) is 3.40. The molecule has 0 aliphatic carbocycles. The first-order valence-electron chi connectivity index (χ1n) is 4.56. The van der Waals surface area contributed by atoms with Crippen molar-refractivity contribution in [3.63, 3.8) is 0 Å². The van der Waals surface area contributed by atoms with Crippen LogP contribution in [0.4, 0.5) is 5.69 Å². The predicted molar refractivity (Wildman–Crippen MR) is 63.2 cm³/mol. The first-order chi connectivity index (χ1) is 7.95. The number of benzene rings is 1. The second-order valence-electron chi connectivity index (χ2n) is 3.14. The van der Waals surface area contributed by atoms with E-state index in [0.29, 0.717) is 4.47 Å². The second-order valence-corrected chi connectivity index (χ2v) is 4.05. The summed E-state index contributed by atoms with van der Waals surface area (Å²) in [5, 5.41) is 10.8. The minimum absolute atomic E-state index is 0.00861. The van der Waals surface area contributed by atoms with E-state index in [-0.39, 0.29) is 11.4 Å². The van der Waals surface area contributed by atoms with Gasteiger partial charge in [0.2, 0.25) is 0 Å². The van der Waals surface area contributed by atoms with E-state index in [4.69, 9.17) is 10.6 Å². The number of hydrogen-bond acceptors (Lipinski definition) is 5. The maximum atomic E-state index is 11.1. The normalized spacial score (nSPS) is 11.7. The molecule has 0 aliphatic heterocycles. The molecule has 92 valence electrons. The van der Waals surface area contributed by atoms with Gasteiger partial charge in [0.25, 0.3) is 5.91 Å². The number of hydrogen-bond donors (Lipinski definition) is 2. The second kappa shape index (κ2) is 5.60. The van der Waals surface area contributed by atoms with Crippen LogP contribution >= 0.6 is 15.9 Å². The zero-order chi connectivity index (χ0) is 13.0. The molecule has 1 unspecified atom stereocenters. The average Bonchev–Trinajstić information content (AvgIpc) is 2.29. The Bertz CT molecular complexity index is 452. The minimum atomic E-state index is -0.917. The van der Waals surface area contributed by atoms with Gasteiger partial charge in [0.15, 0.2) is 11.9 Å². The molecule has 0 bridgehead atoms. The van der Waals surface area contributed by atoms with Gasteiger partial charge in [-0.1, -0.05) is 15.9 Å². The highest BCUT2D eigenvalue weighted by Crippen LogP contribution is 2.30. The monoisotopic (exact) mass is 303 g/mol. The lowest BCUT2D eigenvalue weighted by atomic mass is 10.3. The molecular weight excluding hydrogens is 294 g/mol. The highest BCUT2D eigenvalue weighted by atomic mass is 79.9. The molecule has 0 saturated heterocycles. The first-order valence-corrected chi connectivity index (χ1v) is 5.36. The molecule has 0 aliphatic rings. The topological polar surface area (TPSA) is 107 Å². The molecule has 0 radical (unpaired) electrons. The summed E-state index contributed by atoms with van der Waals surface area (Å²) < 4.78 is 5.71. The summed E-state index contributed by atoms with van der Waals surface area (Å²) in [5.74, 6) is 4.37. The van der Waals surface area contributed by atoms with Gasteiger partial charge in [-0.3, -0.25) is 20.3 Å². The van der Waals surface area contributed by atoms with Crippen molar-refractivity contribution in [2.45, 2.75) is 13.0 Å². The molecule has 1 aromatic carbocycles. The Morgan fingerprint density at radius 2 is 2.29 bits per heavy atom. The Morgan fingerprint density at radius 3 is 2.82 bits per heavy atom. The van der Waals surface area contributed by atoms with E-state index in [1.165, 1.54) is 19.1 Å². The molecule has 0 aromatic heterocycles. The Kier molecular flexibility index (Phi) is 4.41. The summed E-state index contributed by atoms with van der Waals surface area (Å²) in [6.07, 6.45) is -0.917. The number of hydrazine groups is 1. The Balaban J connectivity index is 2.98. The number of nitrogens with one attached hydrogen (secondary N) is 1. The summed E-state index contributed by atoms with van der Waals surface area (Å²) in [7, 11) is 0. The van der Waals surface area contributed by atoms with E-state index < -0.39 is 16.9 Å². The van der Waals surface area contributed by atoms with Gasteiger partial charge in [-0.25, -0.2) is 5.84 Å². The Hall–Kier alpha value is -1.67. The van der Waals surface area contributed by atoms with Crippen LogP contribution in [0.1, 0.15) is 6.92 Å². The SMILES string of the molecule is CC(Oc1ccc(Br)cc1[N+](=O)[O-])C(=O)NN. The van der Waals surface area contributed by atoms with Gasteiger partial charge in [-0.2, -0.15) is 0 Å². The van der Waals surface area contributed by atoms with E-state index >= 15 is 0 Å². The van der Waals surface area contributed by atoms with Gasteiger partial charge in [0.05, 0.1) is 4.92 Å². The van der Waals surface area contributed by atoms with Gasteiger partial charge >= 0.3 is 5.69 Å². The van der Waals surface area contributed by atoms with E-state index in [9.17, 15) is 14.9 Å². The standard InChI is InChI=1S/C9H10BrN3O4/c1-5(9(14)12-11)17-8-3-2-6(10)4-7(8)13(15)16/h2-5H,11H2,1H3,(H,12,14). The molecule has 1 aromatic rings. The van der Waals surface area contributed by atoms with Gasteiger partial charge in [-0.15, -0.1) is 0 Å². The molecular formula is C9H10BrN3O4. The van der Waals surface area contributed by atoms with Crippen LogP contribution in [-0.4, -0.2) is 16.9 Å². The molecule has 0 saturated carbocycles. The molecule has 1 atom stereocenters. The quantitative estimate of drug-likeness (QED) is 0.375. The number of halogens is 1. The first kappa shape index (κ1) is 13.4. The number of nitro groups is 1. The largest absolute Gasteiger partial charge is 0.474 e. The maximum Gasteiger partial charge on any atom is 0.312 e. The summed E-state index contributed by atoms with van der Waals surface area (Å²) >= 11 is 3.11. The third-order valence-electron chi connectivity index (χ3n) is 1.93. The highest BCUT2D eigenvalue weighted by Gasteiger charge is 2.20. The number of nitrogens with two attached hydrogens (primary N) is 1. The molecule has 0 fully saturated rings. The van der Waals surface area contributed by atoms with Crippen LogP contribution in [-0.2, 0) is 4.79 Å². The summed E-state index contributed by atoms with van der Waals surface area (Å²) in [6, 6.07) is 4.28. The van der Waals surface area contributed by atoms with Crippen molar-refractivity contribution in [2.24, 2.45) is 5.84 Å². The average molecular weight is 304 g/mol. The van der Waals surface area contributed by atoms with Crippen molar-refractivity contribution in [3.8, 4) is 5.75 Å². The van der Waals surface area contributed by atoms with E-state index in [1.807, 2.05) is 5.43 Å². The van der Waals surface area contributed by atoms with Crippen LogP contribution in [0.3, 0.4) is 0 Å². The number of carbonyl (C=O) groups excluding carboxylic acids is 1. The lowest BCUT2D eigenvalue weighted by Gasteiger charge is -2.12.